The number of rotatable bonds is 19. The van der Waals surface area contributed by atoms with Gasteiger partial charge in [0.2, 0.25) is 0 Å². The Morgan fingerprint density at radius 2 is 1.22 bits per heavy atom. The third kappa shape index (κ3) is 12.2. The van der Waals surface area contributed by atoms with Crippen molar-refractivity contribution in [2.75, 3.05) is 6.61 Å². The number of esters is 1. The first kappa shape index (κ1) is 32.5. The molecule has 36 heavy (non-hydrogen) atoms. The molecular weight excluding hydrogens is 444 g/mol. The number of aryl methyl sites for hydroxylation is 1. The molecule has 0 fully saturated rings. The fraction of sp³-hybridized carbons (Fsp3) is 0.788. The summed E-state index contributed by atoms with van der Waals surface area (Å²) in [6, 6.07) is 2.02. The summed E-state index contributed by atoms with van der Waals surface area (Å²) in [6.45, 7) is 14.9. The first-order valence-electron chi connectivity index (χ1n) is 15.1. The summed E-state index contributed by atoms with van der Waals surface area (Å²) >= 11 is 0. The Kier molecular flexibility index (Phi) is 16.1. The van der Waals surface area contributed by atoms with E-state index in [1.807, 2.05) is 26.8 Å². The molecule has 3 nitrogen and oxygen atoms in total. The van der Waals surface area contributed by atoms with Crippen molar-refractivity contribution in [3.05, 3.63) is 28.3 Å². The Morgan fingerprint density at radius 1 is 0.806 bits per heavy atom. The van der Waals surface area contributed by atoms with E-state index in [1.165, 1.54) is 89.9 Å². The minimum absolute atomic E-state index is 0.144. The molecule has 1 rings (SSSR count). The minimum Gasteiger partial charge on any atom is -0.507 e. The average molecular weight is 503 g/mol. The number of carbonyl (C=O) groups is 1. The van der Waals surface area contributed by atoms with Gasteiger partial charge >= 0.3 is 5.97 Å². The highest BCUT2D eigenvalue weighted by Gasteiger charge is 2.27. The quantitative estimate of drug-likeness (QED) is 0.151. The molecule has 0 spiro atoms. The SMILES string of the molecule is CCCCCCCCCCCCCCCCCCOC(=O)C(C)c1c(C)cc(C(C)(C)C)c(O)c1C. The Labute approximate surface area is 223 Å². The van der Waals surface area contributed by atoms with E-state index in [4.69, 9.17) is 4.74 Å². The summed E-state index contributed by atoms with van der Waals surface area (Å²) < 4.78 is 5.60. The number of carbonyl (C=O) groups excluding carboxylic acids is 1. The van der Waals surface area contributed by atoms with Gasteiger partial charge in [-0.25, -0.2) is 0 Å². The van der Waals surface area contributed by atoms with Gasteiger partial charge in [0, 0.05) is 0 Å². The zero-order valence-corrected chi connectivity index (χ0v) is 24.9. The maximum Gasteiger partial charge on any atom is 0.313 e. The van der Waals surface area contributed by atoms with Gasteiger partial charge in [0.05, 0.1) is 12.5 Å². The topological polar surface area (TPSA) is 46.5 Å². The molecule has 0 aliphatic carbocycles. The number of hydrogen-bond acceptors (Lipinski definition) is 3. The second-order valence-corrected chi connectivity index (χ2v) is 12.1. The van der Waals surface area contributed by atoms with E-state index in [9.17, 15) is 9.90 Å². The second-order valence-electron chi connectivity index (χ2n) is 12.1. The fourth-order valence-electron chi connectivity index (χ4n) is 5.29. The van der Waals surface area contributed by atoms with Crippen LogP contribution >= 0.6 is 0 Å². The van der Waals surface area contributed by atoms with Crippen LogP contribution in [0.1, 0.15) is 166 Å². The molecule has 3 heteroatoms. The number of unbranched alkanes of at least 4 members (excludes halogenated alkanes) is 15. The lowest BCUT2D eigenvalue weighted by atomic mass is 9.80. The van der Waals surface area contributed by atoms with Gasteiger partial charge in [0.15, 0.2) is 0 Å². The Balaban J connectivity index is 2.14. The smallest absolute Gasteiger partial charge is 0.313 e. The number of ether oxygens (including phenoxy) is 1. The summed E-state index contributed by atoms with van der Waals surface area (Å²) in [5.41, 5.74) is 3.52. The maximum absolute atomic E-state index is 12.7. The van der Waals surface area contributed by atoms with Crippen LogP contribution in [0.3, 0.4) is 0 Å². The number of phenolic OH excluding ortho intramolecular Hbond substituents is 1. The zero-order valence-electron chi connectivity index (χ0n) is 24.9. The van der Waals surface area contributed by atoms with Crippen molar-refractivity contribution in [1.82, 2.24) is 0 Å². The van der Waals surface area contributed by atoms with Crippen LogP contribution in [-0.2, 0) is 14.9 Å². The lowest BCUT2D eigenvalue weighted by Gasteiger charge is -2.26. The summed E-state index contributed by atoms with van der Waals surface area (Å²) in [5, 5.41) is 10.7. The molecule has 0 saturated carbocycles. The lowest BCUT2D eigenvalue weighted by molar-refractivity contribution is -0.145. The minimum atomic E-state index is -0.369. The van der Waals surface area contributed by atoms with Gasteiger partial charge in [0.25, 0.3) is 0 Å². The highest BCUT2D eigenvalue weighted by Crippen LogP contribution is 2.39. The monoisotopic (exact) mass is 502 g/mol. The molecule has 0 saturated heterocycles. The second kappa shape index (κ2) is 17.9. The van der Waals surface area contributed by atoms with Gasteiger partial charge in [-0.05, 0) is 54.9 Å². The van der Waals surface area contributed by atoms with Gasteiger partial charge in [-0.3, -0.25) is 4.79 Å². The molecule has 1 aromatic rings. The maximum atomic E-state index is 12.7. The Bertz CT molecular complexity index is 744. The number of benzene rings is 1. The molecule has 1 aromatic carbocycles. The molecular formula is C33H58O3. The third-order valence-electron chi connectivity index (χ3n) is 7.64. The van der Waals surface area contributed by atoms with Crippen LogP contribution in [0.15, 0.2) is 6.07 Å². The highest BCUT2D eigenvalue weighted by molar-refractivity contribution is 5.79. The molecule has 0 aliphatic heterocycles. The molecule has 0 aromatic heterocycles. The van der Waals surface area contributed by atoms with E-state index in [0.29, 0.717) is 12.4 Å². The summed E-state index contributed by atoms with van der Waals surface area (Å²) in [5.74, 6) is -0.253. The van der Waals surface area contributed by atoms with Gasteiger partial charge in [0.1, 0.15) is 5.75 Å². The summed E-state index contributed by atoms with van der Waals surface area (Å²) in [4.78, 5) is 12.7. The van der Waals surface area contributed by atoms with Crippen LogP contribution in [-0.4, -0.2) is 17.7 Å². The first-order chi connectivity index (χ1) is 17.1. The van der Waals surface area contributed by atoms with E-state index in [1.54, 1.807) is 0 Å². The summed E-state index contributed by atoms with van der Waals surface area (Å²) in [6.07, 6.45) is 21.4. The lowest BCUT2D eigenvalue weighted by Crippen LogP contribution is -2.18. The van der Waals surface area contributed by atoms with E-state index < -0.39 is 0 Å². The fourth-order valence-corrected chi connectivity index (χ4v) is 5.29. The van der Waals surface area contributed by atoms with E-state index in [0.717, 1.165) is 35.1 Å². The predicted octanol–water partition coefficient (Wildman–Crippen LogP) is 10.2. The van der Waals surface area contributed by atoms with Crippen LogP contribution in [0, 0.1) is 13.8 Å². The van der Waals surface area contributed by atoms with Crippen LogP contribution in [0.5, 0.6) is 5.75 Å². The van der Waals surface area contributed by atoms with Gasteiger partial charge in [-0.15, -0.1) is 0 Å². The molecule has 0 aliphatic rings. The van der Waals surface area contributed by atoms with Crippen LogP contribution in [0.4, 0.5) is 0 Å². The number of hydrogen-bond donors (Lipinski definition) is 1. The Hall–Kier alpha value is -1.51. The molecule has 0 amide bonds. The normalized spacial score (nSPS) is 12.6. The van der Waals surface area contributed by atoms with Crippen LogP contribution < -0.4 is 0 Å². The van der Waals surface area contributed by atoms with E-state index in [2.05, 4.69) is 27.7 Å². The third-order valence-corrected chi connectivity index (χ3v) is 7.64. The first-order valence-corrected chi connectivity index (χ1v) is 15.1. The molecule has 1 unspecified atom stereocenters. The van der Waals surface area contributed by atoms with Crippen molar-refractivity contribution in [1.29, 1.82) is 0 Å². The van der Waals surface area contributed by atoms with Crippen molar-refractivity contribution < 1.29 is 14.6 Å². The molecule has 1 atom stereocenters. The van der Waals surface area contributed by atoms with E-state index in [-0.39, 0.29) is 17.3 Å². The highest BCUT2D eigenvalue weighted by atomic mass is 16.5. The zero-order chi connectivity index (χ0) is 27.0. The summed E-state index contributed by atoms with van der Waals surface area (Å²) in [7, 11) is 0. The standard InChI is InChI=1S/C33H58O3/c1-8-9-10-11-12-13-14-15-16-17-18-19-20-21-22-23-24-36-32(35)28(4)30-26(2)25-29(33(5,6)7)31(34)27(30)3/h25,28,34H,8-24H2,1-7H3. The Morgan fingerprint density at radius 3 is 1.64 bits per heavy atom. The predicted molar refractivity (Wildman–Crippen MR) is 155 cm³/mol. The van der Waals surface area contributed by atoms with Crippen molar-refractivity contribution in [2.24, 2.45) is 0 Å². The van der Waals surface area contributed by atoms with Crippen molar-refractivity contribution in [3.63, 3.8) is 0 Å². The average Bonchev–Trinajstić information content (AvgIpc) is 2.82. The van der Waals surface area contributed by atoms with Gasteiger partial charge < -0.3 is 9.84 Å². The molecule has 0 heterocycles. The van der Waals surface area contributed by atoms with Gasteiger partial charge in [-0.1, -0.05) is 130 Å². The van der Waals surface area contributed by atoms with Crippen molar-refractivity contribution in [2.45, 2.75) is 163 Å². The largest absolute Gasteiger partial charge is 0.507 e. The number of phenols is 1. The van der Waals surface area contributed by atoms with Crippen molar-refractivity contribution >= 4 is 5.97 Å². The molecule has 0 radical (unpaired) electrons. The van der Waals surface area contributed by atoms with E-state index >= 15 is 0 Å². The van der Waals surface area contributed by atoms with Crippen LogP contribution in [0.25, 0.3) is 0 Å². The van der Waals surface area contributed by atoms with Gasteiger partial charge in [-0.2, -0.15) is 0 Å². The van der Waals surface area contributed by atoms with Crippen LogP contribution in [0.2, 0.25) is 0 Å². The molecule has 208 valence electrons. The molecule has 1 N–H and O–H groups in total. The van der Waals surface area contributed by atoms with Crippen molar-refractivity contribution in [3.8, 4) is 5.75 Å². The molecule has 0 bridgehead atoms. The number of aromatic hydroxyl groups is 1.